The highest BCUT2D eigenvalue weighted by atomic mass is 16.5. The molecule has 4 nitrogen and oxygen atoms in total. The Hall–Kier alpha value is -1.03. The maximum atomic E-state index is 5.85. The lowest BCUT2D eigenvalue weighted by Crippen LogP contribution is -2.17. The molecular formula is C10H17N3O. The molecule has 2 heterocycles. The summed E-state index contributed by atoms with van der Waals surface area (Å²) in [5, 5.41) is 4.38. The summed E-state index contributed by atoms with van der Waals surface area (Å²) < 4.78 is 7.52. The molecule has 1 aromatic rings. The molecule has 0 bridgehead atoms. The largest absolute Gasteiger partial charge is 0.396 e. The Morgan fingerprint density at radius 2 is 2.36 bits per heavy atom. The van der Waals surface area contributed by atoms with E-state index in [9.17, 15) is 0 Å². The van der Waals surface area contributed by atoms with E-state index >= 15 is 0 Å². The number of nitrogen functional groups attached to an aromatic ring is 1. The van der Waals surface area contributed by atoms with Crippen molar-refractivity contribution in [2.45, 2.75) is 39.3 Å². The van der Waals surface area contributed by atoms with Crippen LogP contribution in [-0.4, -0.2) is 22.5 Å². The van der Waals surface area contributed by atoms with Gasteiger partial charge in [-0.25, -0.2) is 0 Å². The van der Waals surface area contributed by atoms with Gasteiger partial charge in [0.05, 0.1) is 29.7 Å². The first-order valence-corrected chi connectivity index (χ1v) is 5.09. The van der Waals surface area contributed by atoms with Crippen LogP contribution in [0.15, 0.2) is 0 Å². The van der Waals surface area contributed by atoms with Crippen LogP contribution in [0, 0.1) is 13.8 Å². The molecule has 1 saturated heterocycles. The smallest absolute Gasteiger partial charge is 0.0825 e. The summed E-state index contributed by atoms with van der Waals surface area (Å²) in [6, 6.07) is 0. The maximum absolute atomic E-state index is 5.85. The molecule has 0 amide bonds. The Morgan fingerprint density at radius 1 is 1.57 bits per heavy atom. The fourth-order valence-corrected chi connectivity index (χ4v) is 1.87. The Kier molecular flexibility index (Phi) is 2.46. The number of rotatable bonds is 2. The predicted molar refractivity (Wildman–Crippen MR) is 55.1 cm³/mol. The summed E-state index contributed by atoms with van der Waals surface area (Å²) in [5.41, 5.74) is 8.63. The summed E-state index contributed by atoms with van der Waals surface area (Å²) in [6.45, 7) is 5.67. The summed E-state index contributed by atoms with van der Waals surface area (Å²) in [5.74, 6) is 0. The molecule has 14 heavy (non-hydrogen) atoms. The van der Waals surface area contributed by atoms with Crippen molar-refractivity contribution in [2.24, 2.45) is 0 Å². The van der Waals surface area contributed by atoms with Crippen molar-refractivity contribution in [3.63, 3.8) is 0 Å². The third kappa shape index (κ3) is 1.62. The molecule has 2 N–H and O–H groups in total. The second-order valence-corrected chi connectivity index (χ2v) is 3.90. The third-order valence-electron chi connectivity index (χ3n) is 2.84. The summed E-state index contributed by atoms with van der Waals surface area (Å²) in [7, 11) is 0. The molecule has 1 aliphatic rings. The van der Waals surface area contributed by atoms with Gasteiger partial charge in [0, 0.05) is 6.61 Å². The van der Waals surface area contributed by atoms with Gasteiger partial charge in [-0.05, 0) is 26.7 Å². The number of ether oxygens (including phenoxy) is 1. The van der Waals surface area contributed by atoms with E-state index < -0.39 is 0 Å². The zero-order chi connectivity index (χ0) is 10.1. The number of nitrogens with two attached hydrogens (primary N) is 1. The van der Waals surface area contributed by atoms with Crippen LogP contribution in [0.4, 0.5) is 5.69 Å². The summed E-state index contributed by atoms with van der Waals surface area (Å²) >= 11 is 0. The number of anilines is 1. The Morgan fingerprint density at radius 3 is 2.86 bits per heavy atom. The molecule has 78 valence electrons. The third-order valence-corrected chi connectivity index (χ3v) is 2.84. The van der Waals surface area contributed by atoms with Gasteiger partial charge in [0.2, 0.25) is 0 Å². The lowest BCUT2D eigenvalue weighted by Gasteiger charge is -2.10. The van der Waals surface area contributed by atoms with Gasteiger partial charge >= 0.3 is 0 Å². The van der Waals surface area contributed by atoms with Crippen LogP contribution in [0.1, 0.15) is 24.2 Å². The lowest BCUT2D eigenvalue weighted by molar-refractivity contribution is 0.0934. The zero-order valence-corrected chi connectivity index (χ0v) is 8.79. The van der Waals surface area contributed by atoms with E-state index in [-0.39, 0.29) is 0 Å². The Labute approximate surface area is 84.0 Å². The van der Waals surface area contributed by atoms with Gasteiger partial charge in [0.25, 0.3) is 0 Å². The van der Waals surface area contributed by atoms with E-state index in [0.717, 1.165) is 36.6 Å². The molecule has 1 atom stereocenters. The summed E-state index contributed by atoms with van der Waals surface area (Å²) in [6.07, 6.45) is 2.63. The average Bonchev–Trinajstić information content (AvgIpc) is 2.73. The van der Waals surface area contributed by atoms with Crippen molar-refractivity contribution in [1.29, 1.82) is 0 Å². The van der Waals surface area contributed by atoms with Crippen LogP contribution in [-0.2, 0) is 11.3 Å². The monoisotopic (exact) mass is 195 g/mol. The van der Waals surface area contributed by atoms with Crippen LogP contribution < -0.4 is 5.73 Å². The molecule has 1 aliphatic heterocycles. The SMILES string of the molecule is Cc1nn(CC2CCCO2)c(C)c1N. The van der Waals surface area contributed by atoms with Crippen molar-refractivity contribution in [3.8, 4) is 0 Å². The summed E-state index contributed by atoms with van der Waals surface area (Å²) in [4.78, 5) is 0. The number of nitrogens with zero attached hydrogens (tertiary/aromatic N) is 2. The van der Waals surface area contributed by atoms with Gasteiger partial charge in [0.1, 0.15) is 0 Å². The molecule has 0 saturated carbocycles. The van der Waals surface area contributed by atoms with Gasteiger partial charge in [-0.15, -0.1) is 0 Å². The molecule has 0 radical (unpaired) electrons. The van der Waals surface area contributed by atoms with Crippen molar-refractivity contribution in [3.05, 3.63) is 11.4 Å². The van der Waals surface area contributed by atoms with Gasteiger partial charge in [-0.3, -0.25) is 4.68 Å². The molecule has 0 spiro atoms. The van der Waals surface area contributed by atoms with Crippen LogP contribution in [0.5, 0.6) is 0 Å². The van der Waals surface area contributed by atoms with Gasteiger partial charge in [-0.2, -0.15) is 5.10 Å². The number of hydrogen-bond acceptors (Lipinski definition) is 3. The molecule has 1 unspecified atom stereocenters. The first-order chi connectivity index (χ1) is 6.68. The minimum atomic E-state index is 0.326. The second-order valence-electron chi connectivity index (χ2n) is 3.90. The van der Waals surface area contributed by atoms with Crippen molar-refractivity contribution in [2.75, 3.05) is 12.3 Å². The fraction of sp³-hybridized carbons (Fsp3) is 0.700. The Balaban J connectivity index is 2.12. The van der Waals surface area contributed by atoms with E-state index in [1.807, 2.05) is 18.5 Å². The van der Waals surface area contributed by atoms with Crippen LogP contribution in [0.2, 0.25) is 0 Å². The normalized spacial score (nSPS) is 21.7. The standard InChI is InChI=1S/C10H17N3O/c1-7-10(11)8(2)13(12-7)6-9-4-3-5-14-9/h9H,3-6,11H2,1-2H3. The van der Waals surface area contributed by atoms with E-state index in [4.69, 9.17) is 10.5 Å². The minimum absolute atomic E-state index is 0.326. The fourth-order valence-electron chi connectivity index (χ4n) is 1.87. The van der Waals surface area contributed by atoms with Crippen molar-refractivity contribution in [1.82, 2.24) is 9.78 Å². The quantitative estimate of drug-likeness (QED) is 0.773. The number of aryl methyl sites for hydroxylation is 1. The highest BCUT2D eigenvalue weighted by molar-refractivity contribution is 5.46. The van der Waals surface area contributed by atoms with Crippen LogP contribution in [0.3, 0.4) is 0 Å². The van der Waals surface area contributed by atoms with E-state index in [0.29, 0.717) is 6.10 Å². The highest BCUT2D eigenvalue weighted by Gasteiger charge is 2.18. The number of hydrogen-bond donors (Lipinski definition) is 1. The van der Waals surface area contributed by atoms with Gasteiger partial charge in [0.15, 0.2) is 0 Å². The van der Waals surface area contributed by atoms with E-state index in [2.05, 4.69) is 5.10 Å². The number of aromatic nitrogens is 2. The zero-order valence-electron chi connectivity index (χ0n) is 8.79. The molecule has 4 heteroatoms. The Bertz CT molecular complexity index is 326. The predicted octanol–water partition coefficient (Wildman–Crippen LogP) is 1.26. The average molecular weight is 195 g/mol. The van der Waals surface area contributed by atoms with E-state index in [1.54, 1.807) is 0 Å². The highest BCUT2D eigenvalue weighted by Crippen LogP contribution is 2.19. The first kappa shape index (κ1) is 9.52. The van der Waals surface area contributed by atoms with Crippen LogP contribution >= 0.6 is 0 Å². The topological polar surface area (TPSA) is 53.1 Å². The van der Waals surface area contributed by atoms with E-state index in [1.165, 1.54) is 6.42 Å². The van der Waals surface area contributed by atoms with Crippen molar-refractivity contribution >= 4 is 5.69 Å². The molecule has 2 rings (SSSR count). The van der Waals surface area contributed by atoms with Crippen LogP contribution in [0.25, 0.3) is 0 Å². The lowest BCUT2D eigenvalue weighted by atomic mass is 10.2. The van der Waals surface area contributed by atoms with Gasteiger partial charge in [-0.1, -0.05) is 0 Å². The molecule has 0 aromatic carbocycles. The molecule has 0 aliphatic carbocycles. The second kappa shape index (κ2) is 3.61. The first-order valence-electron chi connectivity index (χ1n) is 5.09. The maximum Gasteiger partial charge on any atom is 0.0825 e. The van der Waals surface area contributed by atoms with Gasteiger partial charge < -0.3 is 10.5 Å². The molecule has 1 fully saturated rings. The minimum Gasteiger partial charge on any atom is -0.396 e. The molecular weight excluding hydrogens is 178 g/mol. The molecule has 1 aromatic heterocycles. The van der Waals surface area contributed by atoms with Crippen molar-refractivity contribution < 1.29 is 4.74 Å².